The average Bonchev–Trinajstić information content (AvgIpc) is 3.23. The van der Waals surface area contributed by atoms with E-state index in [9.17, 15) is 18.0 Å². The number of aryl methyl sites for hydroxylation is 2. The Hall–Kier alpha value is -1.54. The van der Waals surface area contributed by atoms with Gasteiger partial charge in [-0.1, -0.05) is 6.07 Å². The smallest absolute Gasteiger partial charge is 0.317 e. The van der Waals surface area contributed by atoms with E-state index in [-0.39, 0.29) is 29.2 Å². The summed E-state index contributed by atoms with van der Waals surface area (Å²) < 4.78 is 28.4. The second-order valence-electron chi connectivity index (χ2n) is 7.21. The first-order valence-corrected chi connectivity index (χ1v) is 12.0. The van der Waals surface area contributed by atoms with Gasteiger partial charge in [-0.05, 0) is 55.9 Å². The predicted octanol–water partition coefficient (Wildman–Crippen LogP) is 1.84. The van der Waals surface area contributed by atoms with Crippen LogP contribution in [0.25, 0.3) is 0 Å². The van der Waals surface area contributed by atoms with Crippen LogP contribution in [0.4, 0.5) is 0 Å². The van der Waals surface area contributed by atoms with Gasteiger partial charge in [0.2, 0.25) is 0 Å². The monoisotopic (exact) mass is 411 g/mol. The van der Waals surface area contributed by atoms with Crippen LogP contribution in [0.2, 0.25) is 0 Å². The normalized spacial score (nSPS) is 21.5. The van der Waals surface area contributed by atoms with Gasteiger partial charge in [-0.3, -0.25) is 9.59 Å². The molecule has 2 aliphatic rings. The van der Waals surface area contributed by atoms with E-state index in [2.05, 4.69) is 12.1 Å². The minimum Gasteiger partial charge on any atom is -0.452 e. The van der Waals surface area contributed by atoms with Crippen molar-refractivity contribution in [3.63, 3.8) is 0 Å². The molecule has 1 aromatic carbocycles. The van der Waals surface area contributed by atoms with Crippen molar-refractivity contribution < 1.29 is 22.7 Å². The first-order valence-electron chi connectivity index (χ1n) is 9.16. The summed E-state index contributed by atoms with van der Waals surface area (Å²) in [5.41, 5.74) is 2.74. The third-order valence-electron chi connectivity index (χ3n) is 5.19. The van der Waals surface area contributed by atoms with Gasteiger partial charge in [0.05, 0.1) is 17.3 Å². The lowest BCUT2D eigenvalue weighted by atomic mass is 10.1. The van der Waals surface area contributed by atoms with E-state index in [4.69, 9.17) is 4.74 Å². The average molecular weight is 412 g/mol. The molecule has 1 saturated heterocycles. The highest BCUT2D eigenvalue weighted by Crippen LogP contribution is 2.27. The molecule has 1 aliphatic carbocycles. The first-order chi connectivity index (χ1) is 12.7. The standard InChI is InChI=1S/C19H25NO5S2/c1-13(19(22)20(2)16-8-9-27(23,24)12-16)25-18(21)11-26-17-7-6-14-4-3-5-15(14)10-17/h6-7,10,13,16H,3-5,8-9,11-12H2,1-2H3/t13-,16+/m1/s1. The summed E-state index contributed by atoms with van der Waals surface area (Å²) in [6, 6.07) is 5.92. The number of benzene rings is 1. The van der Waals surface area contributed by atoms with E-state index in [1.165, 1.54) is 41.1 Å². The zero-order valence-electron chi connectivity index (χ0n) is 15.6. The molecule has 0 radical (unpaired) electrons. The number of sulfone groups is 1. The Kier molecular flexibility index (Phi) is 6.15. The molecule has 6 nitrogen and oxygen atoms in total. The summed E-state index contributed by atoms with van der Waals surface area (Å²) in [5, 5.41) is 0. The van der Waals surface area contributed by atoms with Crippen LogP contribution in [0.15, 0.2) is 23.1 Å². The molecule has 1 amide bonds. The Labute approximate surface area is 164 Å². The second kappa shape index (κ2) is 8.22. The fourth-order valence-corrected chi connectivity index (χ4v) is 6.13. The molecular weight excluding hydrogens is 386 g/mol. The number of amides is 1. The van der Waals surface area contributed by atoms with E-state index in [1.54, 1.807) is 7.05 Å². The maximum atomic E-state index is 12.4. The van der Waals surface area contributed by atoms with E-state index in [1.807, 2.05) is 6.07 Å². The van der Waals surface area contributed by atoms with Gasteiger partial charge in [0.15, 0.2) is 15.9 Å². The van der Waals surface area contributed by atoms with Crippen molar-refractivity contribution in [1.29, 1.82) is 0 Å². The fraction of sp³-hybridized carbons (Fsp3) is 0.579. The van der Waals surface area contributed by atoms with E-state index in [0.29, 0.717) is 6.42 Å². The van der Waals surface area contributed by atoms with Crippen LogP contribution in [0.5, 0.6) is 0 Å². The molecule has 0 saturated carbocycles. The molecule has 0 bridgehead atoms. The first kappa shape index (κ1) is 20.2. The van der Waals surface area contributed by atoms with E-state index >= 15 is 0 Å². The summed E-state index contributed by atoms with van der Waals surface area (Å²) in [5.74, 6) is -0.607. The number of thioether (sulfide) groups is 1. The molecule has 0 aromatic heterocycles. The zero-order valence-corrected chi connectivity index (χ0v) is 17.3. The summed E-state index contributed by atoms with van der Waals surface area (Å²) in [4.78, 5) is 27.0. The molecule has 1 heterocycles. The van der Waals surface area contributed by atoms with Crippen LogP contribution in [0.1, 0.15) is 30.9 Å². The molecule has 8 heteroatoms. The third-order valence-corrected chi connectivity index (χ3v) is 7.90. The molecule has 0 N–H and O–H groups in total. The second-order valence-corrected chi connectivity index (χ2v) is 10.5. The highest BCUT2D eigenvalue weighted by atomic mass is 32.2. The topological polar surface area (TPSA) is 80.8 Å². The summed E-state index contributed by atoms with van der Waals surface area (Å²) >= 11 is 1.40. The van der Waals surface area contributed by atoms with Crippen molar-refractivity contribution in [2.75, 3.05) is 24.3 Å². The molecule has 1 fully saturated rings. The minimum atomic E-state index is -3.07. The highest BCUT2D eigenvalue weighted by molar-refractivity contribution is 8.00. The maximum absolute atomic E-state index is 12.4. The van der Waals surface area contributed by atoms with Crippen LogP contribution < -0.4 is 0 Å². The van der Waals surface area contributed by atoms with Crippen molar-refractivity contribution in [3.05, 3.63) is 29.3 Å². The van der Waals surface area contributed by atoms with Gasteiger partial charge in [-0.25, -0.2) is 8.42 Å². The van der Waals surface area contributed by atoms with Crippen LogP contribution in [-0.2, 0) is 37.0 Å². The van der Waals surface area contributed by atoms with Gasteiger partial charge in [0.25, 0.3) is 5.91 Å². The molecule has 27 heavy (non-hydrogen) atoms. The third kappa shape index (κ3) is 5.04. The van der Waals surface area contributed by atoms with Gasteiger partial charge in [0.1, 0.15) is 0 Å². The number of hydrogen-bond donors (Lipinski definition) is 0. The van der Waals surface area contributed by atoms with Gasteiger partial charge >= 0.3 is 5.97 Å². The molecule has 148 valence electrons. The number of fused-ring (bicyclic) bond motifs is 1. The van der Waals surface area contributed by atoms with Crippen LogP contribution in [0, 0.1) is 0 Å². The summed E-state index contributed by atoms with van der Waals surface area (Å²) in [7, 11) is -1.50. The molecule has 2 atom stereocenters. The summed E-state index contributed by atoms with van der Waals surface area (Å²) in [6.07, 6.45) is 2.90. The van der Waals surface area contributed by atoms with Crippen LogP contribution in [-0.4, -0.2) is 61.6 Å². The lowest BCUT2D eigenvalue weighted by Gasteiger charge is -2.26. The molecule has 0 unspecified atom stereocenters. The van der Waals surface area contributed by atoms with Crippen molar-refractivity contribution in [1.82, 2.24) is 4.90 Å². The Morgan fingerprint density at radius 2 is 2.04 bits per heavy atom. The SMILES string of the molecule is C[C@@H](OC(=O)CSc1ccc2c(c1)CCC2)C(=O)N(C)[C@H]1CCS(=O)(=O)C1. The van der Waals surface area contributed by atoms with Gasteiger partial charge < -0.3 is 9.64 Å². The van der Waals surface area contributed by atoms with Crippen molar-refractivity contribution >= 4 is 33.5 Å². The van der Waals surface area contributed by atoms with E-state index < -0.39 is 21.9 Å². The van der Waals surface area contributed by atoms with Crippen molar-refractivity contribution in [2.45, 2.75) is 49.6 Å². The van der Waals surface area contributed by atoms with Crippen LogP contribution in [0.3, 0.4) is 0 Å². The number of carbonyl (C=O) groups excluding carboxylic acids is 2. The lowest BCUT2D eigenvalue weighted by molar-refractivity contribution is -0.157. The zero-order chi connectivity index (χ0) is 19.6. The molecule has 3 rings (SSSR count). The minimum absolute atomic E-state index is 0.0237. The number of carbonyl (C=O) groups is 2. The Balaban J connectivity index is 1.47. The van der Waals surface area contributed by atoms with Gasteiger partial charge in [-0.2, -0.15) is 0 Å². The lowest BCUT2D eigenvalue weighted by Crippen LogP contribution is -2.44. The Morgan fingerprint density at radius 3 is 2.74 bits per heavy atom. The molecule has 1 aromatic rings. The van der Waals surface area contributed by atoms with Gasteiger partial charge in [-0.15, -0.1) is 11.8 Å². The Bertz CT molecular complexity index is 837. The number of ether oxygens (including phenoxy) is 1. The number of nitrogens with zero attached hydrogens (tertiary/aromatic N) is 1. The maximum Gasteiger partial charge on any atom is 0.317 e. The quantitative estimate of drug-likeness (QED) is 0.525. The number of esters is 1. The van der Waals surface area contributed by atoms with Crippen molar-refractivity contribution in [3.8, 4) is 0 Å². The van der Waals surface area contributed by atoms with Crippen molar-refractivity contribution in [2.24, 2.45) is 0 Å². The molecular formula is C19H25NO5S2. The number of rotatable bonds is 6. The van der Waals surface area contributed by atoms with Gasteiger partial charge in [0, 0.05) is 18.0 Å². The number of hydrogen-bond acceptors (Lipinski definition) is 6. The Morgan fingerprint density at radius 1 is 1.30 bits per heavy atom. The summed E-state index contributed by atoms with van der Waals surface area (Å²) in [6.45, 7) is 1.53. The van der Waals surface area contributed by atoms with Crippen LogP contribution >= 0.6 is 11.8 Å². The largest absolute Gasteiger partial charge is 0.452 e. The molecule has 0 spiro atoms. The van der Waals surface area contributed by atoms with E-state index in [0.717, 1.165) is 17.7 Å². The fourth-order valence-electron chi connectivity index (χ4n) is 3.61. The molecule has 1 aliphatic heterocycles. The highest BCUT2D eigenvalue weighted by Gasteiger charge is 2.34. The predicted molar refractivity (Wildman–Crippen MR) is 105 cm³/mol. The number of likely N-dealkylation sites (N-methyl/N-ethyl adjacent to an activating group) is 1.